The zero-order chi connectivity index (χ0) is 23.4. The first-order chi connectivity index (χ1) is 14.1. The highest BCUT2D eigenvalue weighted by molar-refractivity contribution is 5.96. The molecule has 0 bridgehead atoms. The molecule has 2 N–H and O–H groups in total. The molecule has 3 saturated heterocycles. The molecular formula is C21H35NO9. The van der Waals surface area contributed by atoms with Gasteiger partial charge in [0.25, 0.3) is 0 Å². The van der Waals surface area contributed by atoms with Gasteiger partial charge >= 0.3 is 6.09 Å². The average Bonchev–Trinajstić information content (AvgIpc) is 3.26. The molecule has 3 aliphatic rings. The molecule has 0 radical (unpaired) electrons. The summed E-state index contributed by atoms with van der Waals surface area (Å²) in [5, 5.41) is 21.9. The zero-order valence-corrected chi connectivity index (χ0v) is 19.3. The highest BCUT2D eigenvalue weighted by atomic mass is 16.8. The Morgan fingerprint density at radius 2 is 1.52 bits per heavy atom. The number of hydrogen-bond donors (Lipinski definition) is 2. The monoisotopic (exact) mass is 445 g/mol. The number of rotatable bonds is 4. The summed E-state index contributed by atoms with van der Waals surface area (Å²) in [5.41, 5.74) is -0.842. The second kappa shape index (κ2) is 8.24. The molecule has 0 aromatic rings. The first-order valence-electron chi connectivity index (χ1n) is 10.7. The molecule has 10 heteroatoms. The van der Waals surface area contributed by atoms with Gasteiger partial charge < -0.3 is 33.9 Å². The third-order valence-electron chi connectivity index (χ3n) is 5.60. The minimum Gasteiger partial charge on any atom is -0.443 e. The molecule has 10 nitrogen and oxygen atoms in total. The van der Waals surface area contributed by atoms with E-state index in [2.05, 4.69) is 0 Å². The number of carbonyl (C=O) groups excluding carboxylic acids is 2. The van der Waals surface area contributed by atoms with Gasteiger partial charge in [-0.3, -0.25) is 4.79 Å². The van der Waals surface area contributed by atoms with Crippen molar-refractivity contribution < 1.29 is 43.5 Å². The van der Waals surface area contributed by atoms with E-state index in [1.54, 1.807) is 48.5 Å². The van der Waals surface area contributed by atoms with Gasteiger partial charge in [0, 0.05) is 0 Å². The minimum absolute atomic E-state index is 0.0288. The van der Waals surface area contributed by atoms with E-state index in [1.807, 2.05) is 0 Å². The molecule has 0 saturated carbocycles. The summed E-state index contributed by atoms with van der Waals surface area (Å²) < 4.78 is 27.9. The first kappa shape index (κ1) is 24.3. The number of nitrogens with zero attached hydrogens (tertiary/aromatic N) is 1. The summed E-state index contributed by atoms with van der Waals surface area (Å²) in [6.07, 6.45) is -4.75. The quantitative estimate of drug-likeness (QED) is 0.656. The van der Waals surface area contributed by atoms with Crippen molar-refractivity contribution in [2.75, 3.05) is 13.2 Å². The molecule has 0 unspecified atom stereocenters. The maximum Gasteiger partial charge on any atom is 0.417 e. The number of ether oxygens (including phenoxy) is 5. The van der Waals surface area contributed by atoms with Crippen molar-refractivity contribution in [3.63, 3.8) is 0 Å². The molecule has 178 valence electrons. The summed E-state index contributed by atoms with van der Waals surface area (Å²) >= 11 is 0. The van der Waals surface area contributed by atoms with Crippen LogP contribution in [0, 0.1) is 5.92 Å². The van der Waals surface area contributed by atoms with Gasteiger partial charge in [-0.25, -0.2) is 9.69 Å². The Kier molecular flexibility index (Phi) is 6.47. The minimum atomic E-state index is -1.22. The van der Waals surface area contributed by atoms with Crippen LogP contribution in [0.3, 0.4) is 0 Å². The lowest BCUT2D eigenvalue weighted by Crippen LogP contribution is -2.51. The van der Waals surface area contributed by atoms with Gasteiger partial charge in [0.05, 0.1) is 31.3 Å². The third-order valence-corrected chi connectivity index (χ3v) is 5.60. The van der Waals surface area contributed by atoms with Crippen molar-refractivity contribution in [3.05, 3.63) is 0 Å². The van der Waals surface area contributed by atoms with E-state index in [0.717, 1.165) is 4.90 Å². The Morgan fingerprint density at radius 3 is 1.94 bits per heavy atom. The predicted octanol–water partition coefficient (Wildman–Crippen LogP) is 1.16. The fraction of sp³-hybridized carbons (Fsp3) is 0.905. The van der Waals surface area contributed by atoms with Gasteiger partial charge in [0.1, 0.15) is 23.9 Å². The summed E-state index contributed by atoms with van der Waals surface area (Å²) in [5.74, 6) is -3.36. The Labute approximate surface area is 182 Å². The van der Waals surface area contributed by atoms with E-state index in [-0.39, 0.29) is 19.6 Å². The summed E-state index contributed by atoms with van der Waals surface area (Å²) in [4.78, 5) is 27.0. The van der Waals surface area contributed by atoms with Crippen LogP contribution >= 0.6 is 0 Å². The molecule has 0 aromatic carbocycles. The number of aliphatic hydroxyl groups excluding tert-OH is 2. The van der Waals surface area contributed by atoms with Crippen molar-refractivity contribution in [1.29, 1.82) is 0 Å². The summed E-state index contributed by atoms with van der Waals surface area (Å²) in [7, 11) is 0. The topological polar surface area (TPSA) is 124 Å². The predicted molar refractivity (Wildman–Crippen MR) is 107 cm³/mol. The molecule has 3 rings (SSSR count). The van der Waals surface area contributed by atoms with E-state index in [1.165, 1.54) is 0 Å². The van der Waals surface area contributed by atoms with Gasteiger partial charge in [0.15, 0.2) is 11.6 Å². The molecule has 6 atom stereocenters. The van der Waals surface area contributed by atoms with E-state index < -0.39 is 65.6 Å². The van der Waals surface area contributed by atoms with Gasteiger partial charge in [0.2, 0.25) is 5.91 Å². The van der Waals surface area contributed by atoms with Crippen LogP contribution in [-0.4, -0.2) is 88.0 Å². The zero-order valence-electron chi connectivity index (χ0n) is 19.3. The second-order valence-electron chi connectivity index (χ2n) is 10.3. The van der Waals surface area contributed by atoms with Crippen LogP contribution in [0.5, 0.6) is 0 Å². The normalized spacial score (nSPS) is 34.7. The lowest BCUT2D eigenvalue weighted by Gasteiger charge is -2.31. The van der Waals surface area contributed by atoms with Crippen LogP contribution in [0.25, 0.3) is 0 Å². The van der Waals surface area contributed by atoms with E-state index in [0.29, 0.717) is 0 Å². The summed E-state index contributed by atoms with van der Waals surface area (Å²) in [6.45, 7) is 12.2. The SMILES string of the molecule is CC(C)(C)OC(=O)N1C(=O)[C@@H]([C@H](O)[C@H]2COC(C)(C)O2)C[C@H]1[C@@H](O)[C@@H]1COC(C)(C)O1. The molecule has 0 aromatic heterocycles. The number of aliphatic hydroxyl groups is 2. The van der Waals surface area contributed by atoms with Gasteiger partial charge in [-0.05, 0) is 54.9 Å². The van der Waals surface area contributed by atoms with Crippen molar-refractivity contribution in [2.24, 2.45) is 5.92 Å². The third kappa shape index (κ3) is 5.37. The van der Waals surface area contributed by atoms with Crippen LogP contribution in [0.15, 0.2) is 0 Å². The van der Waals surface area contributed by atoms with Crippen LogP contribution in [-0.2, 0) is 28.5 Å². The number of imide groups is 1. The van der Waals surface area contributed by atoms with Gasteiger partial charge in [-0.1, -0.05) is 0 Å². The lowest BCUT2D eigenvalue weighted by atomic mass is 9.92. The lowest BCUT2D eigenvalue weighted by molar-refractivity contribution is -0.159. The fourth-order valence-corrected chi connectivity index (χ4v) is 4.20. The van der Waals surface area contributed by atoms with E-state index in [4.69, 9.17) is 23.7 Å². The maximum atomic E-state index is 13.2. The summed E-state index contributed by atoms with van der Waals surface area (Å²) in [6, 6.07) is -0.945. The Morgan fingerprint density at radius 1 is 1.03 bits per heavy atom. The molecule has 31 heavy (non-hydrogen) atoms. The fourth-order valence-electron chi connectivity index (χ4n) is 4.20. The first-order valence-corrected chi connectivity index (χ1v) is 10.7. The van der Waals surface area contributed by atoms with Crippen molar-refractivity contribution in [2.45, 2.75) is 103 Å². The van der Waals surface area contributed by atoms with Crippen LogP contribution in [0.1, 0.15) is 54.9 Å². The van der Waals surface area contributed by atoms with Gasteiger partial charge in [-0.15, -0.1) is 0 Å². The van der Waals surface area contributed by atoms with Gasteiger partial charge in [-0.2, -0.15) is 0 Å². The average molecular weight is 446 g/mol. The molecular weight excluding hydrogens is 410 g/mol. The highest BCUT2D eigenvalue weighted by Crippen LogP contribution is 2.37. The van der Waals surface area contributed by atoms with E-state index in [9.17, 15) is 19.8 Å². The smallest absolute Gasteiger partial charge is 0.417 e. The van der Waals surface area contributed by atoms with Crippen molar-refractivity contribution in [1.82, 2.24) is 4.90 Å². The maximum absolute atomic E-state index is 13.2. The Hall–Kier alpha value is -1.30. The molecule has 3 fully saturated rings. The molecule has 3 aliphatic heterocycles. The van der Waals surface area contributed by atoms with Crippen molar-refractivity contribution >= 4 is 12.0 Å². The Bertz CT molecular complexity index is 701. The standard InChI is InChI=1S/C21H35NO9/c1-19(2,3)31-18(26)22-12(16(24)14-10-28-21(6,7)30-14)8-11(17(22)25)15(23)13-9-27-20(4,5)29-13/h11-16,23-24H,8-10H2,1-7H3/t11-,12+,13-,14+,15+,16-/m1/s1. The van der Waals surface area contributed by atoms with E-state index >= 15 is 0 Å². The van der Waals surface area contributed by atoms with Crippen molar-refractivity contribution in [3.8, 4) is 0 Å². The highest BCUT2D eigenvalue weighted by Gasteiger charge is 2.55. The number of carbonyl (C=O) groups is 2. The van der Waals surface area contributed by atoms with Crippen LogP contribution in [0.4, 0.5) is 4.79 Å². The molecule has 0 aliphatic carbocycles. The van der Waals surface area contributed by atoms with Crippen LogP contribution < -0.4 is 0 Å². The largest absolute Gasteiger partial charge is 0.443 e. The number of hydrogen-bond acceptors (Lipinski definition) is 9. The molecule has 3 heterocycles. The Balaban J connectivity index is 1.82. The molecule has 2 amide bonds. The molecule has 0 spiro atoms. The number of likely N-dealkylation sites (tertiary alicyclic amines) is 1. The number of amides is 2. The second-order valence-corrected chi connectivity index (χ2v) is 10.3. The van der Waals surface area contributed by atoms with Crippen LogP contribution in [0.2, 0.25) is 0 Å².